The highest BCUT2D eigenvalue weighted by molar-refractivity contribution is 6.33. The summed E-state index contributed by atoms with van der Waals surface area (Å²) in [6.45, 7) is 7.24. The maximum atomic E-state index is 14.1. The molecule has 4 aliphatic rings. The SMILES string of the molecule is CCCCCOC(=O)CN1CCC(N2CCN(C(=O)[C@@H](Cc3cc(Cl)c(N)c(C(F)(F)F)c3)OC(=O)N3CCC(N4CCc5ccccc5NC4=O)CC3)CC2)CC1. The summed E-state index contributed by atoms with van der Waals surface area (Å²) < 4.78 is 53.0. The van der Waals surface area contributed by atoms with Gasteiger partial charge in [0.1, 0.15) is 0 Å². The molecule has 4 amide bonds. The third-order valence-corrected chi connectivity index (χ3v) is 12.1. The molecule has 3 N–H and O–H groups in total. The number of piperazine rings is 1. The minimum atomic E-state index is -4.79. The van der Waals surface area contributed by atoms with E-state index in [0.717, 1.165) is 62.5 Å². The van der Waals surface area contributed by atoms with E-state index in [2.05, 4.69) is 22.0 Å². The van der Waals surface area contributed by atoms with Gasteiger partial charge in [-0.25, -0.2) is 9.59 Å². The van der Waals surface area contributed by atoms with Gasteiger partial charge in [-0.1, -0.05) is 49.6 Å². The molecule has 0 aromatic heterocycles. The number of urea groups is 1. The molecule has 1 atom stereocenters. The lowest BCUT2D eigenvalue weighted by atomic mass is 10.0. The Hall–Kier alpha value is -4.28. The Bertz CT molecular complexity index is 1760. The first-order valence-electron chi connectivity index (χ1n) is 20.5. The molecule has 3 saturated heterocycles. The number of benzene rings is 2. The second kappa shape index (κ2) is 19.6. The number of unbranched alkanes of at least 4 members (excludes halogenated alkanes) is 2. The number of para-hydroxylation sites is 1. The zero-order valence-corrected chi connectivity index (χ0v) is 33.9. The number of alkyl halides is 3. The quantitative estimate of drug-likeness (QED) is 0.152. The van der Waals surface area contributed by atoms with Crippen LogP contribution in [0.25, 0.3) is 0 Å². The number of rotatable bonds is 12. The lowest BCUT2D eigenvalue weighted by Crippen LogP contribution is -2.57. The largest absolute Gasteiger partial charge is 0.465 e. The van der Waals surface area contributed by atoms with E-state index in [-0.39, 0.29) is 60.7 Å². The predicted molar refractivity (Wildman–Crippen MR) is 213 cm³/mol. The lowest BCUT2D eigenvalue weighted by molar-refractivity contribution is -0.145. The van der Waals surface area contributed by atoms with E-state index in [1.165, 1.54) is 11.0 Å². The number of esters is 1. The molecule has 0 radical (unpaired) electrons. The number of anilines is 2. The summed E-state index contributed by atoms with van der Waals surface area (Å²) >= 11 is 6.14. The zero-order chi connectivity index (χ0) is 41.4. The fraction of sp³-hybridized carbons (Fsp3) is 0.610. The van der Waals surface area contributed by atoms with Crippen molar-refractivity contribution in [3.05, 3.63) is 58.1 Å². The molecule has 2 aromatic rings. The molecule has 17 heteroatoms. The Kier molecular flexibility index (Phi) is 14.7. The number of nitrogens with one attached hydrogen (secondary N) is 1. The zero-order valence-electron chi connectivity index (χ0n) is 33.1. The van der Waals surface area contributed by atoms with Crippen molar-refractivity contribution >= 4 is 47.0 Å². The van der Waals surface area contributed by atoms with E-state index in [1.54, 1.807) is 9.80 Å². The van der Waals surface area contributed by atoms with Gasteiger partial charge in [-0.15, -0.1) is 0 Å². The Morgan fingerprint density at radius 2 is 1.60 bits per heavy atom. The number of halogens is 4. The van der Waals surface area contributed by atoms with Gasteiger partial charge in [0.2, 0.25) is 0 Å². The summed E-state index contributed by atoms with van der Waals surface area (Å²) in [5.74, 6) is -0.705. The van der Waals surface area contributed by atoms with Crippen molar-refractivity contribution in [3.63, 3.8) is 0 Å². The Balaban J connectivity index is 1.05. The van der Waals surface area contributed by atoms with Crippen molar-refractivity contribution in [2.75, 3.05) is 83.1 Å². The van der Waals surface area contributed by atoms with Gasteiger partial charge in [0.15, 0.2) is 6.10 Å². The van der Waals surface area contributed by atoms with Crippen LogP contribution in [0.3, 0.4) is 0 Å². The number of nitrogen functional groups attached to an aromatic ring is 1. The van der Waals surface area contributed by atoms with Crippen LogP contribution in [0, 0.1) is 0 Å². The van der Waals surface area contributed by atoms with Gasteiger partial charge in [0.25, 0.3) is 5.91 Å². The molecule has 58 heavy (non-hydrogen) atoms. The summed E-state index contributed by atoms with van der Waals surface area (Å²) in [5, 5.41) is 2.67. The molecular formula is C41H55ClF3N7O6. The predicted octanol–water partition coefficient (Wildman–Crippen LogP) is 5.89. The smallest absolute Gasteiger partial charge is 0.418 e. The summed E-state index contributed by atoms with van der Waals surface area (Å²) in [6.07, 6.45) is -0.937. The van der Waals surface area contributed by atoms with Crippen LogP contribution < -0.4 is 11.1 Å². The molecule has 318 valence electrons. The van der Waals surface area contributed by atoms with Crippen LogP contribution in [0.2, 0.25) is 5.02 Å². The normalized spacial score (nSPS) is 19.6. The van der Waals surface area contributed by atoms with Crippen LogP contribution in [-0.2, 0) is 38.1 Å². The lowest BCUT2D eigenvalue weighted by Gasteiger charge is -2.43. The molecule has 6 rings (SSSR count). The van der Waals surface area contributed by atoms with Gasteiger partial charge in [0, 0.05) is 83.1 Å². The molecule has 4 heterocycles. The summed E-state index contributed by atoms with van der Waals surface area (Å²) in [7, 11) is 0. The number of piperidine rings is 2. The van der Waals surface area contributed by atoms with Crippen LogP contribution in [0.5, 0.6) is 0 Å². The number of nitrogens with zero attached hydrogens (tertiary/aromatic N) is 5. The fourth-order valence-electron chi connectivity index (χ4n) is 8.43. The molecule has 2 aromatic carbocycles. The van der Waals surface area contributed by atoms with Crippen molar-refractivity contribution in [1.29, 1.82) is 0 Å². The maximum absolute atomic E-state index is 14.1. The van der Waals surface area contributed by atoms with Crippen LogP contribution in [0.15, 0.2) is 36.4 Å². The van der Waals surface area contributed by atoms with E-state index in [0.29, 0.717) is 58.6 Å². The molecule has 3 fully saturated rings. The van der Waals surface area contributed by atoms with Gasteiger partial charge in [-0.2, -0.15) is 13.2 Å². The van der Waals surface area contributed by atoms with E-state index >= 15 is 0 Å². The number of hydrogen-bond acceptors (Lipinski definition) is 9. The number of carbonyl (C=O) groups is 4. The molecule has 4 aliphatic heterocycles. The number of nitrogens with two attached hydrogens (primary N) is 1. The van der Waals surface area contributed by atoms with Crippen LogP contribution in [0.4, 0.5) is 34.1 Å². The number of amides is 4. The standard InChI is InChI=1S/C41H55ClF3N7O6/c1-2-3-6-23-57-36(53)27-48-14-10-30(11-15-48)49-19-21-50(22-20-49)38(54)35(26-28-24-32(41(43,44)45)37(46)33(42)25-28)58-40(56)51-16-12-31(13-17-51)52-18-9-29-7-4-5-8-34(29)47-39(52)55/h4-5,7-8,24-25,30-31,35H,2-3,6,9-23,26-27,46H2,1H3,(H,47,55)/t35-/m1/s1. The van der Waals surface area contributed by atoms with E-state index < -0.39 is 35.5 Å². The fourth-order valence-corrected chi connectivity index (χ4v) is 8.68. The minimum Gasteiger partial charge on any atom is -0.465 e. The van der Waals surface area contributed by atoms with Gasteiger partial charge < -0.3 is 35.2 Å². The third-order valence-electron chi connectivity index (χ3n) is 11.8. The van der Waals surface area contributed by atoms with E-state index in [9.17, 15) is 32.3 Å². The molecule has 0 aliphatic carbocycles. The highest BCUT2D eigenvalue weighted by Gasteiger charge is 2.38. The van der Waals surface area contributed by atoms with Gasteiger partial charge in [-0.05, 0) is 67.9 Å². The summed E-state index contributed by atoms with van der Waals surface area (Å²) in [6, 6.07) is 9.75. The second-order valence-corrected chi connectivity index (χ2v) is 16.1. The first-order chi connectivity index (χ1) is 27.8. The monoisotopic (exact) mass is 833 g/mol. The van der Waals surface area contributed by atoms with Gasteiger partial charge in [0.05, 0.1) is 29.4 Å². The van der Waals surface area contributed by atoms with Crippen LogP contribution in [-0.4, -0.2) is 139 Å². The minimum absolute atomic E-state index is 0.0554. The summed E-state index contributed by atoms with van der Waals surface area (Å²) in [4.78, 5) is 62.6. The Morgan fingerprint density at radius 3 is 2.29 bits per heavy atom. The number of likely N-dealkylation sites (tertiary alicyclic amines) is 2. The van der Waals surface area contributed by atoms with Gasteiger partial charge >= 0.3 is 24.3 Å². The van der Waals surface area contributed by atoms with Crippen molar-refractivity contribution in [3.8, 4) is 0 Å². The van der Waals surface area contributed by atoms with Crippen molar-refractivity contribution < 1.29 is 41.8 Å². The molecule has 13 nitrogen and oxygen atoms in total. The van der Waals surface area contributed by atoms with Crippen molar-refractivity contribution in [2.24, 2.45) is 0 Å². The third kappa shape index (κ3) is 11.1. The van der Waals surface area contributed by atoms with Crippen molar-refractivity contribution in [2.45, 2.75) is 89.1 Å². The number of carbonyl (C=O) groups excluding carboxylic acids is 4. The van der Waals surface area contributed by atoms with Crippen LogP contribution in [0.1, 0.15) is 68.6 Å². The van der Waals surface area contributed by atoms with Crippen molar-refractivity contribution in [1.82, 2.24) is 24.5 Å². The first kappa shape index (κ1) is 43.3. The number of fused-ring (bicyclic) bond motifs is 1. The average Bonchev–Trinajstić information content (AvgIpc) is 3.38. The topological polar surface area (TPSA) is 141 Å². The molecule has 0 unspecified atom stereocenters. The number of hydrogen-bond donors (Lipinski definition) is 2. The molecular weight excluding hydrogens is 779 g/mol. The Morgan fingerprint density at radius 1 is 0.914 bits per heavy atom. The highest BCUT2D eigenvalue weighted by atomic mass is 35.5. The average molecular weight is 834 g/mol. The Labute approximate surface area is 342 Å². The molecule has 0 bridgehead atoms. The van der Waals surface area contributed by atoms with Crippen LogP contribution >= 0.6 is 11.6 Å². The van der Waals surface area contributed by atoms with E-state index in [1.807, 2.05) is 24.3 Å². The second-order valence-electron chi connectivity index (χ2n) is 15.7. The maximum Gasteiger partial charge on any atom is 0.418 e. The van der Waals surface area contributed by atoms with E-state index in [4.69, 9.17) is 26.8 Å². The number of ether oxygens (including phenoxy) is 2. The molecule has 0 spiro atoms. The first-order valence-corrected chi connectivity index (χ1v) is 20.9. The molecule has 0 saturated carbocycles. The highest BCUT2D eigenvalue weighted by Crippen LogP contribution is 2.38. The van der Waals surface area contributed by atoms with Gasteiger partial charge in [-0.3, -0.25) is 19.4 Å². The summed E-state index contributed by atoms with van der Waals surface area (Å²) in [5.41, 5.74) is 5.83.